The fourth-order valence-electron chi connectivity index (χ4n) is 0.843. The van der Waals surface area contributed by atoms with Crippen LogP contribution in [0.5, 0.6) is 0 Å². The van der Waals surface area contributed by atoms with E-state index in [-0.39, 0.29) is 5.92 Å². The number of esters is 1. The zero-order valence-electron chi connectivity index (χ0n) is 5.83. The van der Waals surface area contributed by atoms with Crippen molar-refractivity contribution in [3.63, 3.8) is 0 Å². The van der Waals surface area contributed by atoms with E-state index in [9.17, 15) is 4.79 Å². The maximum atomic E-state index is 10.6. The predicted octanol–water partition coefficient (Wildman–Crippen LogP) is 0.0964. The average Bonchev–Trinajstić information content (AvgIpc) is 2.63. The van der Waals surface area contributed by atoms with Gasteiger partial charge in [-0.25, -0.2) is 4.79 Å². The van der Waals surface area contributed by atoms with Crippen LogP contribution in [0.1, 0.15) is 6.42 Å². The summed E-state index contributed by atoms with van der Waals surface area (Å²) < 4.78 is 4.33. The molecule has 0 amide bonds. The number of carbonyl (C=O) groups is 1. The van der Waals surface area contributed by atoms with Crippen LogP contribution in [0.2, 0.25) is 0 Å². The molecule has 3 heteroatoms. The molecular weight excluding hydrogens is 132 g/mol. The van der Waals surface area contributed by atoms with E-state index in [4.69, 9.17) is 5.11 Å². The summed E-state index contributed by atoms with van der Waals surface area (Å²) in [6, 6.07) is 0. The number of rotatable bonds is 2. The van der Waals surface area contributed by atoms with Crippen molar-refractivity contribution in [1.29, 1.82) is 0 Å². The first kappa shape index (κ1) is 7.28. The Morgan fingerprint density at radius 2 is 2.50 bits per heavy atom. The number of aliphatic hydroxyl groups is 1. The normalized spacial score (nSPS) is 25.8. The lowest BCUT2D eigenvalue weighted by molar-refractivity contribution is -0.151. The summed E-state index contributed by atoms with van der Waals surface area (Å²) >= 11 is 0. The molecule has 0 aromatic carbocycles. The van der Waals surface area contributed by atoms with Gasteiger partial charge in [-0.1, -0.05) is 12.2 Å². The molecule has 0 unspecified atom stereocenters. The molecule has 0 radical (unpaired) electrons. The van der Waals surface area contributed by atoms with Crippen LogP contribution >= 0.6 is 0 Å². The second-order valence-electron chi connectivity index (χ2n) is 2.44. The Morgan fingerprint density at radius 3 is 2.80 bits per heavy atom. The Kier molecular flexibility index (Phi) is 1.76. The average molecular weight is 142 g/mol. The van der Waals surface area contributed by atoms with Gasteiger partial charge in [0.05, 0.1) is 7.11 Å². The highest BCUT2D eigenvalue weighted by Gasteiger charge is 2.39. The second-order valence-corrected chi connectivity index (χ2v) is 2.44. The molecule has 1 fully saturated rings. The zero-order valence-corrected chi connectivity index (χ0v) is 5.83. The second kappa shape index (κ2) is 2.42. The van der Waals surface area contributed by atoms with Crippen LogP contribution in [0, 0.1) is 5.92 Å². The summed E-state index contributed by atoms with van der Waals surface area (Å²) in [4.78, 5) is 10.6. The van der Waals surface area contributed by atoms with E-state index in [1.54, 1.807) is 0 Å². The molecule has 0 bridgehead atoms. The highest BCUT2D eigenvalue weighted by atomic mass is 16.5. The number of ether oxygens (including phenoxy) is 1. The van der Waals surface area contributed by atoms with Crippen molar-refractivity contribution in [3.8, 4) is 0 Å². The maximum absolute atomic E-state index is 10.6. The van der Waals surface area contributed by atoms with Gasteiger partial charge in [0, 0.05) is 5.92 Å². The highest BCUT2D eigenvalue weighted by molar-refractivity contribution is 5.76. The zero-order chi connectivity index (χ0) is 7.72. The van der Waals surface area contributed by atoms with Crippen molar-refractivity contribution in [1.82, 2.24) is 0 Å². The fourth-order valence-corrected chi connectivity index (χ4v) is 0.843. The van der Waals surface area contributed by atoms with Crippen LogP contribution in [-0.4, -0.2) is 24.3 Å². The molecule has 1 N–H and O–H groups in total. The molecule has 0 aliphatic heterocycles. The van der Waals surface area contributed by atoms with E-state index in [2.05, 4.69) is 11.3 Å². The third-order valence-corrected chi connectivity index (χ3v) is 1.67. The van der Waals surface area contributed by atoms with Gasteiger partial charge in [0.1, 0.15) is 0 Å². The van der Waals surface area contributed by atoms with Gasteiger partial charge in [-0.3, -0.25) is 0 Å². The third kappa shape index (κ3) is 1.19. The first-order valence-electron chi connectivity index (χ1n) is 3.10. The molecule has 56 valence electrons. The van der Waals surface area contributed by atoms with Gasteiger partial charge in [-0.15, -0.1) is 0 Å². The molecule has 1 saturated carbocycles. The Bertz CT molecular complexity index is 174. The van der Waals surface area contributed by atoms with E-state index in [0.29, 0.717) is 0 Å². The molecule has 2 atom stereocenters. The van der Waals surface area contributed by atoms with Crippen molar-refractivity contribution < 1.29 is 14.6 Å². The molecular formula is C7H10O3. The molecule has 0 spiro atoms. The van der Waals surface area contributed by atoms with Crippen molar-refractivity contribution in [2.75, 3.05) is 7.11 Å². The Balaban J connectivity index is 2.42. The summed E-state index contributed by atoms with van der Waals surface area (Å²) in [6.07, 6.45) is -0.242. The first-order chi connectivity index (χ1) is 4.66. The summed E-state index contributed by atoms with van der Waals surface area (Å²) in [5, 5.41) is 9.09. The fraction of sp³-hybridized carbons (Fsp3) is 0.571. The van der Waals surface area contributed by atoms with Gasteiger partial charge >= 0.3 is 5.97 Å². The van der Waals surface area contributed by atoms with Crippen molar-refractivity contribution >= 4 is 5.97 Å². The Hall–Kier alpha value is -0.830. The molecule has 1 rings (SSSR count). The number of aliphatic hydroxyl groups excluding tert-OH is 1. The maximum Gasteiger partial charge on any atom is 0.335 e. The monoisotopic (exact) mass is 142 g/mol. The van der Waals surface area contributed by atoms with E-state index >= 15 is 0 Å². The Labute approximate surface area is 59.3 Å². The van der Waals surface area contributed by atoms with E-state index in [0.717, 1.165) is 12.0 Å². The van der Waals surface area contributed by atoms with Crippen molar-refractivity contribution in [2.24, 2.45) is 5.92 Å². The lowest BCUT2D eigenvalue weighted by atomic mass is 10.2. The van der Waals surface area contributed by atoms with Crippen LogP contribution in [0.3, 0.4) is 0 Å². The third-order valence-electron chi connectivity index (χ3n) is 1.67. The minimum absolute atomic E-state index is 0.0487. The number of hydrogen-bond donors (Lipinski definition) is 1. The molecule has 1 aliphatic rings. The lowest BCUT2D eigenvalue weighted by Crippen LogP contribution is -2.23. The quantitative estimate of drug-likeness (QED) is 0.439. The van der Waals surface area contributed by atoms with Gasteiger partial charge in [0.2, 0.25) is 0 Å². The smallest absolute Gasteiger partial charge is 0.335 e. The molecule has 10 heavy (non-hydrogen) atoms. The van der Waals surface area contributed by atoms with Crippen molar-refractivity contribution in [3.05, 3.63) is 12.2 Å². The van der Waals surface area contributed by atoms with Gasteiger partial charge < -0.3 is 9.84 Å². The lowest BCUT2D eigenvalue weighted by Gasteiger charge is -2.03. The number of methoxy groups -OCH3 is 1. The molecule has 0 aromatic rings. The van der Waals surface area contributed by atoms with Crippen molar-refractivity contribution in [2.45, 2.75) is 12.5 Å². The molecule has 0 saturated heterocycles. The van der Waals surface area contributed by atoms with E-state index in [1.807, 2.05) is 0 Å². The minimum Gasteiger partial charge on any atom is -0.467 e. The van der Waals surface area contributed by atoms with E-state index < -0.39 is 12.1 Å². The molecule has 3 nitrogen and oxygen atoms in total. The first-order valence-corrected chi connectivity index (χ1v) is 3.10. The Morgan fingerprint density at radius 1 is 2.00 bits per heavy atom. The number of carbonyl (C=O) groups excluding carboxylic acids is 1. The molecule has 0 aromatic heterocycles. The molecule has 0 heterocycles. The van der Waals surface area contributed by atoms with Crippen LogP contribution in [0.25, 0.3) is 0 Å². The van der Waals surface area contributed by atoms with Crippen LogP contribution in [-0.2, 0) is 9.53 Å². The van der Waals surface area contributed by atoms with Gasteiger partial charge in [-0.2, -0.15) is 0 Å². The molecule has 1 aliphatic carbocycles. The van der Waals surface area contributed by atoms with Gasteiger partial charge in [-0.05, 0) is 6.42 Å². The minimum atomic E-state index is -0.988. The summed E-state index contributed by atoms with van der Waals surface area (Å²) in [5.74, 6) is -0.615. The predicted molar refractivity (Wildman–Crippen MR) is 35.3 cm³/mol. The topological polar surface area (TPSA) is 46.5 Å². The van der Waals surface area contributed by atoms with Crippen LogP contribution in [0.15, 0.2) is 12.2 Å². The largest absolute Gasteiger partial charge is 0.467 e. The number of hydrogen-bond acceptors (Lipinski definition) is 3. The van der Waals surface area contributed by atoms with Crippen LogP contribution < -0.4 is 0 Å². The standard InChI is InChI=1S/C7H10O3/c1-4-3-5(4)6(8)7(9)10-2/h5-6,8H,1,3H2,2H3/t5-,6-/m1/s1. The SMILES string of the molecule is C=C1C[C@H]1[C@@H](O)C(=O)OC. The van der Waals surface area contributed by atoms with Crippen LogP contribution in [0.4, 0.5) is 0 Å². The summed E-state index contributed by atoms with van der Waals surface area (Å²) in [6.45, 7) is 3.62. The van der Waals surface area contributed by atoms with E-state index in [1.165, 1.54) is 7.11 Å². The van der Waals surface area contributed by atoms with Gasteiger partial charge in [0.15, 0.2) is 6.10 Å². The van der Waals surface area contributed by atoms with Gasteiger partial charge in [0.25, 0.3) is 0 Å². The summed E-state index contributed by atoms with van der Waals surface area (Å²) in [5.41, 5.74) is 0.929. The highest BCUT2D eigenvalue weighted by Crippen LogP contribution is 2.38. The summed E-state index contributed by atoms with van der Waals surface area (Å²) in [7, 11) is 1.26.